The fraction of sp³-hybridized carbons (Fsp3) is 0.682. The second-order valence-electron chi connectivity index (χ2n) is 8.45. The fourth-order valence-electron chi connectivity index (χ4n) is 4.82. The number of fused-ring (bicyclic) bond motifs is 3. The van der Waals surface area contributed by atoms with Gasteiger partial charge in [-0.25, -0.2) is 4.98 Å². The van der Waals surface area contributed by atoms with Crippen molar-refractivity contribution in [3.8, 4) is 0 Å². The van der Waals surface area contributed by atoms with E-state index in [0.29, 0.717) is 24.1 Å². The first-order valence-electron chi connectivity index (χ1n) is 11.0. The van der Waals surface area contributed by atoms with Crippen LogP contribution in [0.2, 0.25) is 0 Å². The van der Waals surface area contributed by atoms with E-state index < -0.39 is 0 Å². The Labute approximate surface area is 186 Å². The highest BCUT2D eigenvalue weighted by atomic mass is 32.2. The zero-order valence-electron chi connectivity index (χ0n) is 18.1. The monoisotopic (exact) mass is 449 g/mol. The Morgan fingerprint density at radius 1 is 1.20 bits per heavy atom. The molecular formula is C22H31N3O3S2. The standard InChI is InChI=1S/C22H31N3O3S2/c1-14-7-6-8-15(2)25(14)18(26)13-29-22-23-20-19(21(27)24(22)11-12-28-3)16-9-4-5-10-17(16)30-20/h14-15H,4-13H2,1-3H3/t14-,15-/m1/s1. The van der Waals surface area contributed by atoms with Crippen LogP contribution < -0.4 is 5.56 Å². The highest BCUT2D eigenvalue weighted by Crippen LogP contribution is 2.35. The highest BCUT2D eigenvalue weighted by Gasteiger charge is 2.29. The second kappa shape index (κ2) is 9.40. The number of thiophene rings is 1. The lowest BCUT2D eigenvalue weighted by Crippen LogP contribution is -2.48. The summed E-state index contributed by atoms with van der Waals surface area (Å²) < 4.78 is 6.96. The predicted octanol–water partition coefficient (Wildman–Crippen LogP) is 3.86. The van der Waals surface area contributed by atoms with Crippen LogP contribution >= 0.6 is 23.1 Å². The lowest BCUT2D eigenvalue weighted by Gasteiger charge is -2.39. The zero-order valence-corrected chi connectivity index (χ0v) is 19.7. The van der Waals surface area contributed by atoms with Gasteiger partial charge >= 0.3 is 0 Å². The maximum atomic E-state index is 13.4. The van der Waals surface area contributed by atoms with Crippen molar-refractivity contribution in [2.24, 2.45) is 0 Å². The van der Waals surface area contributed by atoms with E-state index in [1.165, 1.54) is 35.0 Å². The molecule has 0 N–H and O–H groups in total. The Bertz CT molecular complexity index is 974. The average molecular weight is 450 g/mol. The molecule has 1 aliphatic heterocycles. The van der Waals surface area contributed by atoms with Gasteiger partial charge in [0.15, 0.2) is 5.16 Å². The number of amides is 1. The summed E-state index contributed by atoms with van der Waals surface area (Å²) in [7, 11) is 1.64. The molecule has 0 aromatic carbocycles. The zero-order chi connectivity index (χ0) is 21.3. The van der Waals surface area contributed by atoms with Crippen molar-refractivity contribution in [3.05, 3.63) is 20.8 Å². The first-order valence-corrected chi connectivity index (χ1v) is 12.8. The molecule has 0 unspecified atom stereocenters. The number of carbonyl (C=O) groups excluding carboxylic acids is 1. The summed E-state index contributed by atoms with van der Waals surface area (Å²) >= 11 is 3.05. The SMILES string of the molecule is COCCn1c(SCC(=O)N2[C@H](C)CCC[C@H]2C)nc2sc3c(c2c1=O)CCCC3. The van der Waals surface area contributed by atoms with Crippen LogP contribution in [0.4, 0.5) is 0 Å². The lowest BCUT2D eigenvalue weighted by atomic mass is 9.97. The van der Waals surface area contributed by atoms with Crippen molar-refractivity contribution in [2.45, 2.75) is 82.6 Å². The fourth-order valence-corrected chi connectivity index (χ4v) is 7.02. The van der Waals surface area contributed by atoms with Crippen LogP contribution in [0, 0.1) is 0 Å². The molecule has 30 heavy (non-hydrogen) atoms. The minimum Gasteiger partial charge on any atom is -0.383 e. The van der Waals surface area contributed by atoms with E-state index >= 15 is 0 Å². The molecule has 0 saturated carbocycles. The number of aryl methyl sites for hydroxylation is 2. The van der Waals surface area contributed by atoms with E-state index in [-0.39, 0.29) is 23.6 Å². The summed E-state index contributed by atoms with van der Waals surface area (Å²) in [4.78, 5) is 35.4. The summed E-state index contributed by atoms with van der Waals surface area (Å²) in [5.74, 6) is 0.447. The number of aromatic nitrogens is 2. The number of piperidine rings is 1. The molecule has 3 heterocycles. The van der Waals surface area contributed by atoms with Crippen molar-refractivity contribution in [3.63, 3.8) is 0 Å². The van der Waals surface area contributed by atoms with Gasteiger partial charge in [0, 0.05) is 24.1 Å². The van der Waals surface area contributed by atoms with Crippen molar-refractivity contribution in [1.82, 2.24) is 14.5 Å². The molecule has 0 radical (unpaired) electrons. The van der Waals surface area contributed by atoms with Gasteiger partial charge in [-0.3, -0.25) is 14.2 Å². The summed E-state index contributed by atoms with van der Waals surface area (Å²) in [5.41, 5.74) is 1.22. The number of ether oxygens (including phenoxy) is 1. The molecular weight excluding hydrogens is 418 g/mol. The number of likely N-dealkylation sites (tertiary alicyclic amines) is 1. The van der Waals surface area contributed by atoms with Crippen LogP contribution in [-0.2, 0) is 28.9 Å². The normalized spacial score (nSPS) is 21.8. The molecule has 1 amide bonds. The van der Waals surface area contributed by atoms with Crippen molar-refractivity contribution < 1.29 is 9.53 Å². The summed E-state index contributed by atoms with van der Waals surface area (Å²) in [6.45, 7) is 5.16. The lowest BCUT2D eigenvalue weighted by molar-refractivity contribution is -0.134. The number of nitrogens with zero attached hydrogens (tertiary/aromatic N) is 3. The Hall–Kier alpha value is -1.38. The number of carbonyl (C=O) groups is 1. The van der Waals surface area contributed by atoms with Crippen LogP contribution in [0.3, 0.4) is 0 Å². The Morgan fingerprint density at radius 2 is 1.93 bits per heavy atom. The summed E-state index contributed by atoms with van der Waals surface area (Å²) in [6.07, 6.45) is 7.62. The molecule has 4 rings (SSSR count). The van der Waals surface area contributed by atoms with Crippen LogP contribution in [0.25, 0.3) is 10.2 Å². The molecule has 6 nitrogen and oxygen atoms in total. The Kier molecular flexibility index (Phi) is 6.85. The summed E-state index contributed by atoms with van der Waals surface area (Å²) in [5, 5.41) is 1.42. The van der Waals surface area contributed by atoms with Crippen molar-refractivity contribution in [2.75, 3.05) is 19.5 Å². The third-order valence-corrected chi connectivity index (χ3v) is 8.51. The van der Waals surface area contributed by atoms with Gasteiger partial charge in [0.05, 0.1) is 24.3 Å². The minimum atomic E-state index is 0.0195. The highest BCUT2D eigenvalue weighted by molar-refractivity contribution is 7.99. The van der Waals surface area contributed by atoms with Gasteiger partial charge in [-0.15, -0.1) is 11.3 Å². The first kappa shape index (κ1) is 21.8. The van der Waals surface area contributed by atoms with Crippen molar-refractivity contribution >= 4 is 39.2 Å². The molecule has 1 aliphatic carbocycles. The predicted molar refractivity (Wildman–Crippen MR) is 123 cm³/mol. The van der Waals surface area contributed by atoms with Crippen LogP contribution in [0.5, 0.6) is 0 Å². The van der Waals surface area contributed by atoms with Crippen LogP contribution in [0.1, 0.15) is 56.4 Å². The molecule has 2 atom stereocenters. The molecule has 8 heteroatoms. The smallest absolute Gasteiger partial charge is 0.263 e. The van der Waals surface area contributed by atoms with Crippen molar-refractivity contribution in [1.29, 1.82) is 0 Å². The Balaban J connectivity index is 1.63. The molecule has 1 saturated heterocycles. The third-order valence-electron chi connectivity index (χ3n) is 6.37. The topological polar surface area (TPSA) is 64.4 Å². The minimum absolute atomic E-state index is 0.0195. The van der Waals surface area contributed by atoms with E-state index in [1.807, 2.05) is 4.90 Å². The third kappa shape index (κ3) is 4.18. The van der Waals surface area contributed by atoms with Gasteiger partial charge in [0.25, 0.3) is 5.56 Å². The Morgan fingerprint density at radius 3 is 2.67 bits per heavy atom. The quantitative estimate of drug-likeness (QED) is 0.495. The van der Waals surface area contributed by atoms with Gasteiger partial charge in [0.1, 0.15) is 4.83 Å². The van der Waals surface area contributed by atoms with Gasteiger partial charge < -0.3 is 9.64 Å². The second-order valence-corrected chi connectivity index (χ2v) is 10.5. The van der Waals surface area contributed by atoms with E-state index in [2.05, 4.69) is 13.8 Å². The average Bonchev–Trinajstić information content (AvgIpc) is 3.10. The molecule has 2 aromatic rings. The number of hydrogen-bond donors (Lipinski definition) is 0. The molecule has 164 valence electrons. The van der Waals surface area contributed by atoms with Crippen LogP contribution in [-0.4, -0.2) is 51.9 Å². The number of methoxy groups -OCH3 is 1. The molecule has 0 bridgehead atoms. The maximum Gasteiger partial charge on any atom is 0.263 e. The van der Waals surface area contributed by atoms with Gasteiger partial charge in [-0.2, -0.15) is 0 Å². The van der Waals surface area contributed by atoms with Gasteiger partial charge in [0.2, 0.25) is 5.91 Å². The van der Waals surface area contributed by atoms with E-state index in [9.17, 15) is 9.59 Å². The number of hydrogen-bond acceptors (Lipinski definition) is 6. The van der Waals surface area contributed by atoms with E-state index in [1.54, 1.807) is 23.0 Å². The first-order chi connectivity index (χ1) is 14.5. The van der Waals surface area contributed by atoms with Crippen LogP contribution in [0.15, 0.2) is 9.95 Å². The van der Waals surface area contributed by atoms with Gasteiger partial charge in [-0.05, 0) is 64.4 Å². The number of thioether (sulfide) groups is 1. The molecule has 2 aliphatic rings. The molecule has 1 fully saturated rings. The van der Waals surface area contributed by atoms with E-state index in [0.717, 1.165) is 42.3 Å². The number of rotatable bonds is 6. The molecule has 0 spiro atoms. The van der Waals surface area contributed by atoms with E-state index in [4.69, 9.17) is 9.72 Å². The summed E-state index contributed by atoms with van der Waals surface area (Å²) in [6, 6.07) is 0.550. The van der Waals surface area contributed by atoms with Gasteiger partial charge in [-0.1, -0.05) is 11.8 Å². The molecule has 2 aromatic heterocycles. The largest absolute Gasteiger partial charge is 0.383 e. The maximum absolute atomic E-state index is 13.4.